The topological polar surface area (TPSA) is 82.6 Å². The van der Waals surface area contributed by atoms with E-state index in [1.807, 2.05) is 36.4 Å². The first kappa shape index (κ1) is 21.2. The molecule has 2 N–H and O–H groups in total. The van der Waals surface area contributed by atoms with Crippen LogP contribution in [0.25, 0.3) is 0 Å². The quantitative estimate of drug-likeness (QED) is 0.255. The molecule has 0 amide bonds. The molecule has 9 heteroatoms. The van der Waals surface area contributed by atoms with E-state index in [1.165, 1.54) is 5.56 Å². The van der Waals surface area contributed by atoms with Crippen molar-refractivity contribution in [2.24, 2.45) is 4.99 Å². The number of guanidine groups is 1. The molecule has 2 aliphatic rings. The van der Waals surface area contributed by atoms with Gasteiger partial charge in [-0.15, -0.1) is 24.0 Å². The summed E-state index contributed by atoms with van der Waals surface area (Å²) in [5.41, 5.74) is 1.18. The molecule has 4 rings (SSSR count). The summed E-state index contributed by atoms with van der Waals surface area (Å²) in [4.78, 5) is 4.23. The fourth-order valence-electron chi connectivity index (χ4n) is 2.95. The highest BCUT2D eigenvalue weighted by atomic mass is 127. The zero-order valence-electron chi connectivity index (χ0n) is 16.1. The molecule has 0 aromatic heterocycles. The lowest BCUT2D eigenvalue weighted by Crippen LogP contribution is -2.40. The van der Waals surface area contributed by atoms with E-state index in [2.05, 4.69) is 15.6 Å². The van der Waals surface area contributed by atoms with Crippen molar-refractivity contribution in [3.05, 3.63) is 42.0 Å². The normalized spacial score (nSPS) is 13.6. The van der Waals surface area contributed by atoms with E-state index in [0.717, 1.165) is 41.9 Å². The summed E-state index contributed by atoms with van der Waals surface area (Å²) in [6.07, 6.45) is 0.852. The molecular formula is C20H24IN3O5. The largest absolute Gasteiger partial charge is 0.492 e. The predicted octanol–water partition coefficient (Wildman–Crippen LogP) is 2.55. The van der Waals surface area contributed by atoms with Crippen LogP contribution in [-0.4, -0.2) is 46.3 Å². The van der Waals surface area contributed by atoms with Crippen LogP contribution >= 0.6 is 24.0 Å². The Hall–Kier alpha value is -2.56. The molecule has 8 nitrogen and oxygen atoms in total. The van der Waals surface area contributed by atoms with Gasteiger partial charge in [-0.2, -0.15) is 0 Å². The summed E-state index contributed by atoms with van der Waals surface area (Å²) in [7, 11) is 1.74. The zero-order chi connectivity index (χ0) is 19.2. The SMILES string of the molecule is CN=C(NCCOc1ccc2c(c1)OCO2)NCCc1ccc2c(c1)OCO2.I. The fourth-order valence-corrected chi connectivity index (χ4v) is 2.95. The van der Waals surface area contributed by atoms with Crippen molar-refractivity contribution in [2.75, 3.05) is 40.3 Å². The molecule has 0 unspecified atom stereocenters. The number of halogens is 1. The minimum atomic E-state index is 0. The number of rotatable bonds is 7. The third-order valence-electron chi connectivity index (χ3n) is 4.37. The molecule has 0 saturated heterocycles. The van der Waals surface area contributed by atoms with Crippen LogP contribution in [0.5, 0.6) is 28.7 Å². The van der Waals surface area contributed by atoms with Crippen LogP contribution in [0.4, 0.5) is 0 Å². The van der Waals surface area contributed by atoms with Crippen molar-refractivity contribution in [1.29, 1.82) is 0 Å². The summed E-state index contributed by atoms with van der Waals surface area (Å²) in [6, 6.07) is 11.6. The first-order valence-electron chi connectivity index (χ1n) is 9.17. The summed E-state index contributed by atoms with van der Waals surface area (Å²) in [6.45, 7) is 2.43. The molecule has 0 spiro atoms. The Morgan fingerprint density at radius 1 is 0.897 bits per heavy atom. The highest BCUT2D eigenvalue weighted by Gasteiger charge is 2.14. The maximum Gasteiger partial charge on any atom is 0.231 e. The summed E-state index contributed by atoms with van der Waals surface area (Å²) in [5.74, 6) is 4.55. The van der Waals surface area contributed by atoms with E-state index in [-0.39, 0.29) is 30.8 Å². The highest BCUT2D eigenvalue weighted by Crippen LogP contribution is 2.35. The van der Waals surface area contributed by atoms with Gasteiger partial charge in [0.1, 0.15) is 12.4 Å². The minimum Gasteiger partial charge on any atom is -0.492 e. The van der Waals surface area contributed by atoms with Gasteiger partial charge in [-0.3, -0.25) is 4.99 Å². The average Bonchev–Trinajstić information content (AvgIpc) is 3.38. The van der Waals surface area contributed by atoms with Crippen molar-refractivity contribution < 1.29 is 23.7 Å². The van der Waals surface area contributed by atoms with Gasteiger partial charge in [0.15, 0.2) is 29.0 Å². The lowest BCUT2D eigenvalue weighted by molar-refractivity contribution is 0.173. The fraction of sp³-hybridized carbons (Fsp3) is 0.350. The summed E-state index contributed by atoms with van der Waals surface area (Å²) < 4.78 is 27.1. The minimum absolute atomic E-state index is 0. The van der Waals surface area contributed by atoms with E-state index < -0.39 is 0 Å². The van der Waals surface area contributed by atoms with Gasteiger partial charge in [0.25, 0.3) is 0 Å². The van der Waals surface area contributed by atoms with Crippen molar-refractivity contribution in [1.82, 2.24) is 10.6 Å². The number of nitrogens with zero attached hydrogens (tertiary/aromatic N) is 1. The standard InChI is InChI=1S/C20H23N3O5.HI/c1-21-20(22-7-6-14-2-4-16-18(10-14)27-12-25-16)23-8-9-24-15-3-5-17-19(11-15)28-13-26-17;/h2-5,10-11H,6-9,12-13H2,1H3,(H2,21,22,23);1H. The Bertz CT molecular complexity index is 862. The van der Waals surface area contributed by atoms with Crippen molar-refractivity contribution in [3.8, 4) is 28.7 Å². The summed E-state index contributed by atoms with van der Waals surface area (Å²) in [5, 5.41) is 6.53. The Morgan fingerprint density at radius 3 is 2.31 bits per heavy atom. The van der Waals surface area contributed by atoms with Crippen LogP contribution in [0, 0.1) is 0 Å². The first-order valence-corrected chi connectivity index (χ1v) is 9.17. The number of hydrogen-bond donors (Lipinski definition) is 2. The molecule has 0 aliphatic carbocycles. The average molecular weight is 513 g/mol. The first-order chi connectivity index (χ1) is 13.8. The van der Waals surface area contributed by atoms with Gasteiger partial charge >= 0.3 is 0 Å². The maximum absolute atomic E-state index is 5.74. The molecule has 0 fully saturated rings. The van der Waals surface area contributed by atoms with Crippen LogP contribution in [-0.2, 0) is 6.42 Å². The zero-order valence-corrected chi connectivity index (χ0v) is 18.4. The molecule has 0 saturated carbocycles. The van der Waals surface area contributed by atoms with Gasteiger partial charge in [-0.25, -0.2) is 0 Å². The van der Waals surface area contributed by atoms with Crippen LogP contribution in [0.15, 0.2) is 41.4 Å². The lowest BCUT2D eigenvalue weighted by Gasteiger charge is -2.13. The summed E-state index contributed by atoms with van der Waals surface area (Å²) >= 11 is 0. The van der Waals surface area contributed by atoms with Crippen LogP contribution < -0.4 is 34.3 Å². The molecule has 29 heavy (non-hydrogen) atoms. The second-order valence-electron chi connectivity index (χ2n) is 6.23. The van der Waals surface area contributed by atoms with E-state index in [4.69, 9.17) is 23.7 Å². The lowest BCUT2D eigenvalue weighted by atomic mass is 10.1. The van der Waals surface area contributed by atoms with Gasteiger partial charge in [0, 0.05) is 19.7 Å². The van der Waals surface area contributed by atoms with Crippen LogP contribution in [0.2, 0.25) is 0 Å². The molecule has 2 aromatic rings. The number of fused-ring (bicyclic) bond motifs is 2. The van der Waals surface area contributed by atoms with Gasteiger partial charge < -0.3 is 34.3 Å². The van der Waals surface area contributed by atoms with E-state index in [0.29, 0.717) is 25.7 Å². The second kappa shape index (κ2) is 10.3. The molecule has 156 valence electrons. The van der Waals surface area contributed by atoms with Crippen molar-refractivity contribution in [3.63, 3.8) is 0 Å². The molecule has 0 atom stereocenters. The van der Waals surface area contributed by atoms with Gasteiger partial charge in [0.2, 0.25) is 13.6 Å². The Balaban J connectivity index is 0.00000240. The van der Waals surface area contributed by atoms with E-state index in [1.54, 1.807) is 7.05 Å². The van der Waals surface area contributed by atoms with Crippen LogP contribution in [0.1, 0.15) is 5.56 Å². The van der Waals surface area contributed by atoms with Crippen molar-refractivity contribution in [2.45, 2.75) is 6.42 Å². The molecule has 2 aromatic carbocycles. The molecule has 0 radical (unpaired) electrons. The smallest absolute Gasteiger partial charge is 0.231 e. The van der Waals surface area contributed by atoms with E-state index >= 15 is 0 Å². The van der Waals surface area contributed by atoms with Gasteiger partial charge in [-0.1, -0.05) is 6.07 Å². The van der Waals surface area contributed by atoms with Crippen LogP contribution in [0.3, 0.4) is 0 Å². The van der Waals surface area contributed by atoms with Crippen molar-refractivity contribution >= 4 is 29.9 Å². The molecule has 0 bridgehead atoms. The third kappa shape index (κ3) is 5.49. The van der Waals surface area contributed by atoms with Gasteiger partial charge in [-0.05, 0) is 36.2 Å². The molecule has 2 aliphatic heterocycles. The Morgan fingerprint density at radius 2 is 1.55 bits per heavy atom. The third-order valence-corrected chi connectivity index (χ3v) is 4.37. The number of nitrogens with one attached hydrogen (secondary N) is 2. The number of aliphatic imine (C=N–C) groups is 1. The van der Waals surface area contributed by atoms with Gasteiger partial charge in [0.05, 0.1) is 6.54 Å². The Kier molecular flexibility index (Phi) is 7.50. The van der Waals surface area contributed by atoms with E-state index in [9.17, 15) is 0 Å². The highest BCUT2D eigenvalue weighted by molar-refractivity contribution is 14.0. The number of benzene rings is 2. The monoisotopic (exact) mass is 513 g/mol. The maximum atomic E-state index is 5.74. The Labute approximate surface area is 186 Å². The number of hydrogen-bond acceptors (Lipinski definition) is 6. The molecular weight excluding hydrogens is 489 g/mol. The second-order valence-corrected chi connectivity index (χ2v) is 6.23. The molecule has 2 heterocycles. The number of ether oxygens (including phenoxy) is 5. The predicted molar refractivity (Wildman–Crippen MR) is 119 cm³/mol.